The molecule has 20 heavy (non-hydrogen) atoms. The first kappa shape index (κ1) is 17.9. The van der Waals surface area contributed by atoms with Crippen LogP contribution in [0.5, 0.6) is 0 Å². The van der Waals surface area contributed by atoms with E-state index in [0.717, 1.165) is 6.54 Å². The van der Waals surface area contributed by atoms with Gasteiger partial charge in [-0.3, -0.25) is 0 Å². The molecule has 0 saturated carbocycles. The zero-order valence-corrected chi connectivity index (χ0v) is 14.4. The summed E-state index contributed by atoms with van der Waals surface area (Å²) in [5, 5.41) is 3.57. The molecule has 1 saturated heterocycles. The first-order chi connectivity index (χ1) is 9.37. The maximum atomic E-state index is 3.57. The molecule has 4 heteroatoms. The molecule has 0 aliphatic carbocycles. The quantitative estimate of drug-likeness (QED) is 0.679. The molecule has 0 aromatic carbocycles. The molecule has 0 unspecified atom stereocenters. The van der Waals surface area contributed by atoms with E-state index >= 15 is 0 Å². The fourth-order valence-corrected chi connectivity index (χ4v) is 2.61. The highest BCUT2D eigenvalue weighted by molar-refractivity contribution is 4.74. The molecule has 0 bridgehead atoms. The van der Waals surface area contributed by atoms with Gasteiger partial charge in [0.05, 0.1) is 0 Å². The van der Waals surface area contributed by atoms with Crippen molar-refractivity contribution in [1.29, 1.82) is 0 Å². The lowest BCUT2D eigenvalue weighted by atomic mass is 10.1. The molecule has 0 aromatic rings. The zero-order valence-electron chi connectivity index (χ0n) is 14.4. The Bertz CT molecular complexity index is 239. The predicted octanol–water partition coefficient (Wildman–Crippen LogP) is 1.33. The maximum absolute atomic E-state index is 3.57. The lowest BCUT2D eigenvalue weighted by Crippen LogP contribution is -2.47. The van der Waals surface area contributed by atoms with Crippen LogP contribution in [0.2, 0.25) is 0 Å². The average molecular weight is 284 g/mol. The van der Waals surface area contributed by atoms with E-state index < -0.39 is 0 Å². The van der Waals surface area contributed by atoms with Gasteiger partial charge >= 0.3 is 0 Å². The summed E-state index contributed by atoms with van der Waals surface area (Å²) in [6.07, 6.45) is 2.56. The van der Waals surface area contributed by atoms with E-state index in [1.54, 1.807) is 0 Å². The Morgan fingerprint density at radius 2 is 1.40 bits per heavy atom. The van der Waals surface area contributed by atoms with E-state index in [2.05, 4.69) is 54.9 Å². The predicted molar refractivity (Wildman–Crippen MR) is 88.4 cm³/mol. The molecule has 1 N–H and O–H groups in total. The van der Waals surface area contributed by atoms with E-state index in [9.17, 15) is 0 Å². The van der Waals surface area contributed by atoms with Gasteiger partial charge in [-0.25, -0.2) is 0 Å². The van der Waals surface area contributed by atoms with Gasteiger partial charge in [0.1, 0.15) is 0 Å². The van der Waals surface area contributed by atoms with Gasteiger partial charge in [0.25, 0.3) is 0 Å². The van der Waals surface area contributed by atoms with Crippen molar-refractivity contribution in [3.8, 4) is 0 Å². The second-order valence-corrected chi connectivity index (χ2v) is 7.37. The highest BCUT2D eigenvalue weighted by atomic mass is 15.3. The zero-order chi connectivity index (χ0) is 15.0. The van der Waals surface area contributed by atoms with Crippen LogP contribution in [-0.4, -0.2) is 86.7 Å². The Morgan fingerprint density at radius 1 is 0.900 bits per heavy atom. The van der Waals surface area contributed by atoms with Crippen molar-refractivity contribution in [3.05, 3.63) is 0 Å². The van der Waals surface area contributed by atoms with Crippen LogP contribution in [0.4, 0.5) is 0 Å². The topological polar surface area (TPSA) is 21.8 Å². The van der Waals surface area contributed by atoms with Gasteiger partial charge in [0.2, 0.25) is 0 Å². The number of hydrogen-bond acceptors (Lipinski definition) is 4. The molecule has 1 aliphatic rings. The fraction of sp³-hybridized carbons (Fsp3) is 1.00. The van der Waals surface area contributed by atoms with Crippen LogP contribution in [-0.2, 0) is 0 Å². The molecule has 4 nitrogen and oxygen atoms in total. The highest BCUT2D eigenvalue weighted by Crippen LogP contribution is 2.04. The minimum atomic E-state index is 0.255. The van der Waals surface area contributed by atoms with Crippen molar-refractivity contribution in [1.82, 2.24) is 20.0 Å². The number of hydrogen-bond donors (Lipinski definition) is 1. The number of piperazine rings is 1. The summed E-state index contributed by atoms with van der Waals surface area (Å²) in [5.41, 5.74) is 0.255. The lowest BCUT2D eigenvalue weighted by molar-refractivity contribution is 0.127. The van der Waals surface area contributed by atoms with Gasteiger partial charge in [-0.1, -0.05) is 0 Å². The maximum Gasteiger partial charge on any atom is 0.0110 e. The van der Waals surface area contributed by atoms with Crippen LogP contribution in [0, 0.1) is 0 Å². The second-order valence-electron chi connectivity index (χ2n) is 7.37. The minimum Gasteiger partial charge on any atom is -0.312 e. The Labute approximate surface area is 126 Å². The first-order valence-corrected chi connectivity index (χ1v) is 8.21. The number of nitrogens with one attached hydrogen (secondary N) is 1. The van der Waals surface area contributed by atoms with Crippen molar-refractivity contribution < 1.29 is 0 Å². The van der Waals surface area contributed by atoms with E-state index in [1.165, 1.54) is 58.7 Å². The minimum absolute atomic E-state index is 0.255. The Morgan fingerprint density at radius 3 is 1.85 bits per heavy atom. The molecule has 1 fully saturated rings. The van der Waals surface area contributed by atoms with E-state index in [1.807, 2.05) is 0 Å². The van der Waals surface area contributed by atoms with Crippen LogP contribution < -0.4 is 5.32 Å². The molecule has 0 atom stereocenters. The van der Waals surface area contributed by atoms with Crippen LogP contribution in [0.15, 0.2) is 0 Å². The van der Waals surface area contributed by atoms with Crippen molar-refractivity contribution in [2.45, 2.75) is 39.2 Å². The van der Waals surface area contributed by atoms with Gasteiger partial charge in [-0.05, 0) is 73.9 Å². The molecule has 0 amide bonds. The third kappa shape index (κ3) is 8.90. The van der Waals surface area contributed by atoms with Gasteiger partial charge in [0.15, 0.2) is 0 Å². The second kappa shape index (κ2) is 8.98. The van der Waals surface area contributed by atoms with Crippen LogP contribution in [0.1, 0.15) is 33.6 Å². The average Bonchev–Trinajstić information content (AvgIpc) is 2.35. The van der Waals surface area contributed by atoms with Crippen LogP contribution in [0.25, 0.3) is 0 Å². The third-order valence-corrected chi connectivity index (χ3v) is 3.85. The largest absolute Gasteiger partial charge is 0.312 e. The summed E-state index contributed by atoms with van der Waals surface area (Å²) >= 11 is 0. The van der Waals surface area contributed by atoms with Gasteiger partial charge < -0.3 is 20.0 Å². The third-order valence-electron chi connectivity index (χ3n) is 3.85. The number of nitrogens with zero attached hydrogens (tertiary/aromatic N) is 3. The smallest absolute Gasteiger partial charge is 0.0110 e. The van der Waals surface area contributed by atoms with Crippen molar-refractivity contribution in [2.24, 2.45) is 0 Å². The van der Waals surface area contributed by atoms with Crippen molar-refractivity contribution in [2.75, 3.05) is 66.5 Å². The molecule has 0 aromatic heterocycles. The molecule has 0 radical (unpaired) electrons. The Kier molecular flexibility index (Phi) is 8.03. The monoisotopic (exact) mass is 284 g/mol. The molecule has 120 valence electrons. The molecular formula is C16H36N4. The summed E-state index contributed by atoms with van der Waals surface area (Å²) in [5.74, 6) is 0. The Hall–Kier alpha value is -0.160. The van der Waals surface area contributed by atoms with E-state index in [-0.39, 0.29) is 5.54 Å². The standard InChI is InChI=1S/C16H36N4/c1-16(2,3)17-8-6-10-19-12-14-20(15-13-19)11-7-9-18(4)5/h17H,6-15H2,1-5H3. The highest BCUT2D eigenvalue weighted by Gasteiger charge is 2.16. The van der Waals surface area contributed by atoms with E-state index in [0.29, 0.717) is 0 Å². The SMILES string of the molecule is CN(C)CCCN1CCN(CCCNC(C)(C)C)CC1. The molecule has 1 rings (SSSR count). The van der Waals surface area contributed by atoms with Gasteiger partial charge in [0, 0.05) is 31.7 Å². The molecule has 0 spiro atoms. The van der Waals surface area contributed by atoms with Gasteiger partial charge in [-0.15, -0.1) is 0 Å². The normalized spacial score (nSPS) is 18.9. The van der Waals surface area contributed by atoms with Crippen molar-refractivity contribution in [3.63, 3.8) is 0 Å². The lowest BCUT2D eigenvalue weighted by Gasteiger charge is -2.35. The van der Waals surface area contributed by atoms with Gasteiger partial charge in [-0.2, -0.15) is 0 Å². The van der Waals surface area contributed by atoms with Crippen LogP contribution in [0.3, 0.4) is 0 Å². The van der Waals surface area contributed by atoms with Crippen molar-refractivity contribution >= 4 is 0 Å². The molecule has 1 aliphatic heterocycles. The van der Waals surface area contributed by atoms with E-state index in [4.69, 9.17) is 0 Å². The summed E-state index contributed by atoms with van der Waals surface area (Å²) < 4.78 is 0. The van der Waals surface area contributed by atoms with Crippen LogP contribution >= 0.6 is 0 Å². The first-order valence-electron chi connectivity index (χ1n) is 8.21. The molecule has 1 heterocycles. The Balaban J connectivity index is 2.01. The summed E-state index contributed by atoms with van der Waals surface area (Å²) in [6, 6.07) is 0. The fourth-order valence-electron chi connectivity index (χ4n) is 2.61. The number of rotatable bonds is 8. The summed E-state index contributed by atoms with van der Waals surface area (Å²) in [7, 11) is 4.31. The summed E-state index contributed by atoms with van der Waals surface area (Å²) in [6.45, 7) is 16.5. The summed E-state index contributed by atoms with van der Waals surface area (Å²) in [4.78, 5) is 7.51. The molecular weight excluding hydrogens is 248 g/mol.